The Morgan fingerprint density at radius 1 is 1.16 bits per heavy atom. The van der Waals surface area contributed by atoms with Crippen LogP contribution in [0.3, 0.4) is 0 Å². The molecule has 0 atom stereocenters. The van der Waals surface area contributed by atoms with Crippen LogP contribution in [0.1, 0.15) is 17.7 Å². The number of para-hydroxylation sites is 1. The molecule has 0 aliphatic rings. The molecule has 0 unspecified atom stereocenters. The second kappa shape index (κ2) is 6.55. The Labute approximate surface area is 114 Å². The van der Waals surface area contributed by atoms with Crippen molar-refractivity contribution in [3.63, 3.8) is 0 Å². The predicted octanol–water partition coefficient (Wildman–Crippen LogP) is 3.31. The normalized spacial score (nSPS) is 9.89. The topological polar surface area (TPSA) is 39.9 Å². The maximum Gasteiger partial charge on any atom is 0.0640 e. The molecule has 0 amide bonds. The van der Waals surface area contributed by atoms with Gasteiger partial charge >= 0.3 is 0 Å². The van der Waals surface area contributed by atoms with E-state index < -0.39 is 0 Å². The molecule has 2 rings (SSSR count). The Morgan fingerprint density at radius 3 is 2.63 bits per heavy atom. The van der Waals surface area contributed by atoms with Gasteiger partial charge in [0.05, 0.1) is 24.7 Å². The first-order valence-corrected chi connectivity index (χ1v) is 6.38. The molecule has 1 heterocycles. The molecule has 0 N–H and O–H groups in total. The summed E-state index contributed by atoms with van der Waals surface area (Å²) in [6.45, 7) is 3.52. The molecule has 0 fully saturated rings. The number of nitriles is 1. The number of pyridine rings is 1. The van der Waals surface area contributed by atoms with E-state index in [1.54, 1.807) is 0 Å². The standard InChI is InChI=1S/C16H17N3/c1-14-7-5-11-18-16(14)13-19(12-6-10-17)15-8-3-2-4-9-15/h2-5,7-9,11H,6,12-13H2,1H3. The van der Waals surface area contributed by atoms with Crippen LogP contribution in [-0.4, -0.2) is 11.5 Å². The molecular weight excluding hydrogens is 234 g/mol. The van der Waals surface area contributed by atoms with E-state index in [1.807, 2.05) is 30.5 Å². The van der Waals surface area contributed by atoms with Crippen molar-refractivity contribution in [2.45, 2.75) is 19.9 Å². The first-order valence-electron chi connectivity index (χ1n) is 6.38. The van der Waals surface area contributed by atoms with Crippen molar-refractivity contribution in [2.75, 3.05) is 11.4 Å². The highest BCUT2D eigenvalue weighted by molar-refractivity contribution is 5.46. The van der Waals surface area contributed by atoms with E-state index in [4.69, 9.17) is 5.26 Å². The number of rotatable bonds is 5. The van der Waals surface area contributed by atoms with Crippen molar-refractivity contribution in [1.82, 2.24) is 4.98 Å². The van der Waals surface area contributed by atoms with Gasteiger partial charge in [-0.1, -0.05) is 24.3 Å². The van der Waals surface area contributed by atoms with Gasteiger partial charge in [-0.25, -0.2) is 0 Å². The van der Waals surface area contributed by atoms with Crippen LogP contribution in [0, 0.1) is 18.3 Å². The summed E-state index contributed by atoms with van der Waals surface area (Å²) in [7, 11) is 0. The first kappa shape index (κ1) is 13.1. The quantitative estimate of drug-likeness (QED) is 0.818. The van der Waals surface area contributed by atoms with Crippen LogP contribution in [0.2, 0.25) is 0 Å². The highest BCUT2D eigenvalue weighted by Gasteiger charge is 2.09. The molecule has 0 aliphatic heterocycles. The van der Waals surface area contributed by atoms with Crippen LogP contribution in [0.15, 0.2) is 48.7 Å². The third-order valence-electron chi connectivity index (χ3n) is 3.07. The Morgan fingerprint density at radius 2 is 1.95 bits per heavy atom. The second-order valence-corrected chi connectivity index (χ2v) is 4.43. The van der Waals surface area contributed by atoms with Crippen molar-refractivity contribution >= 4 is 5.69 Å². The number of anilines is 1. The van der Waals surface area contributed by atoms with Gasteiger partial charge in [-0.3, -0.25) is 4.98 Å². The highest BCUT2D eigenvalue weighted by atomic mass is 15.1. The summed E-state index contributed by atoms with van der Waals surface area (Å²) in [5.74, 6) is 0. The predicted molar refractivity (Wildman–Crippen MR) is 76.7 cm³/mol. The number of hydrogen-bond donors (Lipinski definition) is 0. The molecule has 0 saturated carbocycles. The summed E-state index contributed by atoms with van der Waals surface area (Å²) in [6.07, 6.45) is 2.33. The second-order valence-electron chi connectivity index (χ2n) is 4.43. The van der Waals surface area contributed by atoms with Crippen molar-refractivity contribution in [3.05, 3.63) is 59.9 Å². The number of nitrogens with zero attached hydrogens (tertiary/aromatic N) is 3. The Bertz CT molecular complexity index is 558. The zero-order valence-corrected chi connectivity index (χ0v) is 11.1. The molecule has 0 saturated heterocycles. The van der Waals surface area contributed by atoms with Gasteiger partial charge in [0.25, 0.3) is 0 Å². The van der Waals surface area contributed by atoms with Crippen LogP contribution in [0.4, 0.5) is 5.69 Å². The lowest BCUT2D eigenvalue weighted by Gasteiger charge is -2.24. The lowest BCUT2D eigenvalue weighted by atomic mass is 10.2. The van der Waals surface area contributed by atoms with Gasteiger partial charge in [0, 0.05) is 18.4 Å². The van der Waals surface area contributed by atoms with E-state index in [9.17, 15) is 0 Å². The molecule has 1 aromatic heterocycles. The largest absolute Gasteiger partial charge is 0.365 e. The summed E-state index contributed by atoms with van der Waals surface area (Å²) in [4.78, 5) is 6.62. The van der Waals surface area contributed by atoms with Crippen molar-refractivity contribution < 1.29 is 0 Å². The van der Waals surface area contributed by atoms with Crippen molar-refractivity contribution in [3.8, 4) is 6.07 Å². The first-order chi connectivity index (χ1) is 9.31. The van der Waals surface area contributed by atoms with Gasteiger partial charge in [-0.2, -0.15) is 5.26 Å². The molecule has 0 radical (unpaired) electrons. The van der Waals surface area contributed by atoms with E-state index in [0.29, 0.717) is 6.42 Å². The molecule has 96 valence electrons. The van der Waals surface area contributed by atoms with Crippen LogP contribution < -0.4 is 4.90 Å². The van der Waals surface area contributed by atoms with E-state index >= 15 is 0 Å². The minimum atomic E-state index is 0.515. The third-order valence-corrected chi connectivity index (χ3v) is 3.07. The molecule has 0 aliphatic carbocycles. The maximum atomic E-state index is 8.79. The molecular formula is C16H17N3. The summed E-state index contributed by atoms with van der Waals surface area (Å²) in [6, 6.07) is 16.4. The SMILES string of the molecule is Cc1cccnc1CN(CCC#N)c1ccccc1. The minimum absolute atomic E-state index is 0.515. The third kappa shape index (κ3) is 3.56. The van der Waals surface area contributed by atoms with Gasteiger partial charge < -0.3 is 4.90 Å². The Hall–Kier alpha value is -2.34. The zero-order valence-electron chi connectivity index (χ0n) is 11.1. The Kier molecular flexibility index (Phi) is 4.52. The number of hydrogen-bond acceptors (Lipinski definition) is 3. The van der Waals surface area contributed by atoms with Gasteiger partial charge in [0.15, 0.2) is 0 Å². The number of benzene rings is 1. The van der Waals surface area contributed by atoms with Crippen LogP contribution in [-0.2, 0) is 6.54 Å². The van der Waals surface area contributed by atoms with E-state index in [0.717, 1.165) is 24.5 Å². The van der Waals surface area contributed by atoms with Crippen LogP contribution >= 0.6 is 0 Å². The fraction of sp³-hybridized carbons (Fsp3) is 0.250. The molecule has 2 aromatic rings. The molecule has 0 spiro atoms. The lowest BCUT2D eigenvalue weighted by Crippen LogP contribution is -2.24. The van der Waals surface area contributed by atoms with Gasteiger partial charge in [-0.05, 0) is 30.7 Å². The van der Waals surface area contributed by atoms with E-state index in [2.05, 4.69) is 41.1 Å². The average Bonchev–Trinajstić information content (AvgIpc) is 2.46. The summed E-state index contributed by atoms with van der Waals surface area (Å²) in [5.41, 5.74) is 3.37. The lowest BCUT2D eigenvalue weighted by molar-refractivity contribution is 0.776. The molecule has 3 heteroatoms. The monoisotopic (exact) mass is 251 g/mol. The van der Waals surface area contributed by atoms with Gasteiger partial charge in [0.1, 0.15) is 0 Å². The summed E-state index contributed by atoms with van der Waals surface area (Å²) in [5, 5.41) is 8.79. The molecule has 1 aromatic carbocycles. The molecule has 0 bridgehead atoms. The number of aryl methyl sites for hydroxylation is 1. The fourth-order valence-corrected chi connectivity index (χ4v) is 1.99. The van der Waals surface area contributed by atoms with E-state index in [1.165, 1.54) is 5.56 Å². The minimum Gasteiger partial charge on any atom is -0.365 e. The maximum absolute atomic E-state index is 8.79. The smallest absolute Gasteiger partial charge is 0.0640 e. The molecule has 3 nitrogen and oxygen atoms in total. The molecule has 19 heavy (non-hydrogen) atoms. The Balaban J connectivity index is 2.20. The summed E-state index contributed by atoms with van der Waals surface area (Å²) < 4.78 is 0. The van der Waals surface area contributed by atoms with Gasteiger partial charge in [0.2, 0.25) is 0 Å². The van der Waals surface area contributed by atoms with Crippen molar-refractivity contribution in [1.29, 1.82) is 5.26 Å². The van der Waals surface area contributed by atoms with Crippen molar-refractivity contribution in [2.24, 2.45) is 0 Å². The number of aromatic nitrogens is 1. The highest BCUT2D eigenvalue weighted by Crippen LogP contribution is 2.17. The van der Waals surface area contributed by atoms with Crippen LogP contribution in [0.5, 0.6) is 0 Å². The van der Waals surface area contributed by atoms with Gasteiger partial charge in [-0.15, -0.1) is 0 Å². The summed E-state index contributed by atoms with van der Waals surface area (Å²) >= 11 is 0. The fourth-order valence-electron chi connectivity index (χ4n) is 1.99. The van der Waals surface area contributed by atoms with Crippen LogP contribution in [0.25, 0.3) is 0 Å². The zero-order chi connectivity index (χ0) is 13.5. The average molecular weight is 251 g/mol. The van der Waals surface area contributed by atoms with E-state index in [-0.39, 0.29) is 0 Å².